The smallest absolute Gasteiger partial charge is 0.226 e. The van der Waals surface area contributed by atoms with Crippen molar-refractivity contribution in [2.75, 3.05) is 18.2 Å². The first-order valence-electron chi connectivity index (χ1n) is 8.54. The molecule has 1 aromatic carbocycles. The van der Waals surface area contributed by atoms with E-state index in [-0.39, 0.29) is 17.9 Å². The number of fused-ring (bicyclic) bond motifs is 1. The molecule has 25 heavy (non-hydrogen) atoms. The zero-order valence-corrected chi connectivity index (χ0v) is 14.9. The van der Waals surface area contributed by atoms with Crippen molar-refractivity contribution in [1.82, 2.24) is 4.98 Å². The van der Waals surface area contributed by atoms with Gasteiger partial charge in [-0.05, 0) is 43.4 Å². The van der Waals surface area contributed by atoms with Crippen LogP contribution in [0.4, 0.5) is 10.9 Å². The maximum absolute atomic E-state index is 12.1. The highest BCUT2D eigenvalue weighted by molar-refractivity contribution is 7.16. The van der Waals surface area contributed by atoms with E-state index in [0.29, 0.717) is 17.4 Å². The summed E-state index contributed by atoms with van der Waals surface area (Å²) in [5.74, 6) is 1.95. The number of nitrogen functional groups attached to an aromatic ring is 1. The van der Waals surface area contributed by atoms with Gasteiger partial charge in [0.15, 0.2) is 16.6 Å². The molecule has 6 nitrogen and oxygen atoms in total. The second kappa shape index (κ2) is 6.55. The van der Waals surface area contributed by atoms with E-state index in [9.17, 15) is 4.79 Å². The third kappa shape index (κ3) is 3.16. The Morgan fingerprint density at radius 1 is 1.28 bits per heavy atom. The van der Waals surface area contributed by atoms with Crippen LogP contribution in [-0.2, 0) is 4.79 Å². The fourth-order valence-corrected chi connectivity index (χ4v) is 4.51. The standard InChI is InChI=1S/C18H21N3O3S/c1-23-13-7-6-10(8-14(13)24-11-4-2-3-5-11)12-9-15(22)20-17-16(12)25-18(19)21-17/h6-8,11-12H,2-5,9H2,1H3,(H2,19,21)(H,20,22). The molecule has 1 amide bonds. The third-order valence-electron chi connectivity index (χ3n) is 4.82. The van der Waals surface area contributed by atoms with Crippen molar-refractivity contribution in [1.29, 1.82) is 0 Å². The molecule has 7 heteroatoms. The van der Waals surface area contributed by atoms with E-state index in [0.717, 1.165) is 34.8 Å². The Balaban J connectivity index is 1.69. The van der Waals surface area contributed by atoms with Crippen LogP contribution in [0.15, 0.2) is 18.2 Å². The maximum Gasteiger partial charge on any atom is 0.226 e. The molecule has 4 rings (SSSR count). The predicted octanol–water partition coefficient (Wildman–Crippen LogP) is 3.53. The van der Waals surface area contributed by atoms with Crippen LogP contribution in [-0.4, -0.2) is 24.1 Å². The molecule has 132 valence electrons. The normalized spacial score (nSPS) is 20.2. The molecular formula is C18H21N3O3S. The number of benzene rings is 1. The second-order valence-corrected chi connectivity index (χ2v) is 7.57. The van der Waals surface area contributed by atoms with E-state index in [2.05, 4.69) is 10.3 Å². The van der Waals surface area contributed by atoms with Gasteiger partial charge in [0, 0.05) is 12.3 Å². The van der Waals surface area contributed by atoms with Crippen molar-refractivity contribution in [3.8, 4) is 11.5 Å². The zero-order valence-electron chi connectivity index (χ0n) is 14.1. The SMILES string of the molecule is COc1ccc(C2CC(=O)Nc3nc(N)sc32)cc1OC1CCCC1. The Bertz CT molecular complexity index is 799. The number of hydrogen-bond acceptors (Lipinski definition) is 6. The van der Waals surface area contributed by atoms with Gasteiger partial charge in [0.05, 0.1) is 18.1 Å². The molecule has 0 saturated heterocycles. The first-order valence-corrected chi connectivity index (χ1v) is 9.36. The number of methoxy groups -OCH3 is 1. The monoisotopic (exact) mass is 359 g/mol. The molecule has 0 spiro atoms. The van der Waals surface area contributed by atoms with Gasteiger partial charge >= 0.3 is 0 Å². The Morgan fingerprint density at radius 2 is 2.08 bits per heavy atom. The van der Waals surface area contributed by atoms with Crippen LogP contribution < -0.4 is 20.5 Å². The Labute approximate surface area is 150 Å². The van der Waals surface area contributed by atoms with Crippen molar-refractivity contribution in [2.45, 2.75) is 44.1 Å². The molecule has 2 aromatic rings. The highest BCUT2D eigenvalue weighted by Crippen LogP contribution is 2.43. The highest BCUT2D eigenvalue weighted by atomic mass is 32.1. The molecule has 0 radical (unpaired) electrons. The summed E-state index contributed by atoms with van der Waals surface area (Å²) in [5.41, 5.74) is 6.86. The highest BCUT2D eigenvalue weighted by Gasteiger charge is 2.31. The summed E-state index contributed by atoms with van der Waals surface area (Å²) in [6.07, 6.45) is 5.19. The number of anilines is 2. The van der Waals surface area contributed by atoms with Crippen LogP contribution in [0.25, 0.3) is 0 Å². The Kier molecular flexibility index (Phi) is 4.25. The van der Waals surface area contributed by atoms with E-state index in [1.807, 2.05) is 18.2 Å². The van der Waals surface area contributed by atoms with Gasteiger partial charge in [0.1, 0.15) is 5.82 Å². The molecule has 1 atom stereocenters. The van der Waals surface area contributed by atoms with Crippen LogP contribution in [0.3, 0.4) is 0 Å². The first-order chi connectivity index (χ1) is 12.1. The number of rotatable bonds is 4. The molecule has 1 aliphatic carbocycles. The molecule has 1 fully saturated rings. The lowest BCUT2D eigenvalue weighted by Gasteiger charge is -2.23. The van der Waals surface area contributed by atoms with Gasteiger partial charge in [0.25, 0.3) is 0 Å². The molecule has 0 bridgehead atoms. The number of nitrogens with two attached hydrogens (primary N) is 1. The number of amides is 1. The number of carbonyl (C=O) groups excluding carboxylic acids is 1. The van der Waals surface area contributed by atoms with Gasteiger partial charge in [-0.2, -0.15) is 0 Å². The van der Waals surface area contributed by atoms with Gasteiger partial charge < -0.3 is 20.5 Å². The van der Waals surface area contributed by atoms with Gasteiger partial charge in [-0.3, -0.25) is 4.79 Å². The van der Waals surface area contributed by atoms with Crippen molar-refractivity contribution in [3.63, 3.8) is 0 Å². The van der Waals surface area contributed by atoms with Gasteiger partial charge in [0.2, 0.25) is 5.91 Å². The zero-order chi connectivity index (χ0) is 17.4. The lowest BCUT2D eigenvalue weighted by atomic mass is 9.91. The van der Waals surface area contributed by atoms with Gasteiger partial charge in [-0.25, -0.2) is 4.98 Å². The fraction of sp³-hybridized carbons (Fsp3) is 0.444. The number of ether oxygens (including phenoxy) is 2. The number of nitrogens with one attached hydrogen (secondary N) is 1. The second-order valence-electron chi connectivity index (χ2n) is 6.50. The summed E-state index contributed by atoms with van der Waals surface area (Å²) in [6.45, 7) is 0. The predicted molar refractivity (Wildman–Crippen MR) is 97.5 cm³/mol. The van der Waals surface area contributed by atoms with Crippen molar-refractivity contribution < 1.29 is 14.3 Å². The number of nitrogens with zero attached hydrogens (tertiary/aromatic N) is 1. The van der Waals surface area contributed by atoms with Crippen molar-refractivity contribution in [3.05, 3.63) is 28.6 Å². The van der Waals surface area contributed by atoms with Crippen molar-refractivity contribution in [2.24, 2.45) is 0 Å². The number of aromatic nitrogens is 1. The summed E-state index contributed by atoms with van der Waals surface area (Å²) in [4.78, 5) is 17.3. The van der Waals surface area contributed by atoms with E-state index >= 15 is 0 Å². The largest absolute Gasteiger partial charge is 0.493 e. The van der Waals surface area contributed by atoms with Crippen molar-refractivity contribution >= 4 is 28.2 Å². The maximum atomic E-state index is 12.1. The first kappa shape index (κ1) is 16.2. The van der Waals surface area contributed by atoms with Crippen LogP contribution in [0, 0.1) is 0 Å². The minimum absolute atomic E-state index is 0.0446. The van der Waals surface area contributed by atoms with Gasteiger partial charge in [-0.1, -0.05) is 17.4 Å². The minimum Gasteiger partial charge on any atom is -0.493 e. The summed E-state index contributed by atoms with van der Waals surface area (Å²) in [5, 5.41) is 3.27. The summed E-state index contributed by atoms with van der Waals surface area (Å²) in [7, 11) is 1.65. The molecule has 3 N–H and O–H groups in total. The minimum atomic E-state index is -0.0598. The van der Waals surface area contributed by atoms with Crippen LogP contribution >= 0.6 is 11.3 Å². The van der Waals surface area contributed by atoms with E-state index in [1.54, 1.807) is 7.11 Å². The average molecular weight is 359 g/mol. The summed E-state index contributed by atoms with van der Waals surface area (Å²) in [6, 6.07) is 5.90. The molecule has 2 aliphatic rings. The summed E-state index contributed by atoms with van der Waals surface area (Å²) < 4.78 is 11.6. The van der Waals surface area contributed by atoms with E-state index in [4.69, 9.17) is 15.2 Å². The molecule has 1 aliphatic heterocycles. The number of carbonyl (C=O) groups is 1. The van der Waals surface area contributed by atoms with E-state index < -0.39 is 0 Å². The lowest BCUT2D eigenvalue weighted by molar-refractivity contribution is -0.116. The average Bonchev–Trinajstić information content (AvgIpc) is 3.22. The topological polar surface area (TPSA) is 86.5 Å². The molecule has 1 unspecified atom stereocenters. The number of thiazole rings is 1. The number of hydrogen-bond donors (Lipinski definition) is 2. The molecule has 1 aromatic heterocycles. The van der Waals surface area contributed by atoms with Gasteiger partial charge in [-0.15, -0.1) is 0 Å². The summed E-state index contributed by atoms with van der Waals surface area (Å²) >= 11 is 1.42. The molecule has 1 saturated carbocycles. The Hall–Kier alpha value is -2.28. The Morgan fingerprint density at radius 3 is 2.84 bits per heavy atom. The quantitative estimate of drug-likeness (QED) is 0.872. The van der Waals surface area contributed by atoms with E-state index in [1.165, 1.54) is 24.2 Å². The molecule has 2 heterocycles. The van der Waals surface area contributed by atoms with Crippen LogP contribution in [0.5, 0.6) is 11.5 Å². The van der Waals surface area contributed by atoms with Crippen LogP contribution in [0.2, 0.25) is 0 Å². The fourth-order valence-electron chi connectivity index (χ4n) is 3.59. The lowest BCUT2D eigenvalue weighted by Crippen LogP contribution is -2.22. The van der Waals surface area contributed by atoms with Crippen LogP contribution in [0.1, 0.15) is 48.5 Å². The molecular weight excluding hydrogens is 338 g/mol. The third-order valence-corrected chi connectivity index (χ3v) is 5.82.